The van der Waals surface area contributed by atoms with Crippen molar-refractivity contribution >= 4 is 44.2 Å². The van der Waals surface area contributed by atoms with Crippen LogP contribution < -0.4 is 10.2 Å². The number of hydrogen-bond donors (Lipinski definition) is 1. The first-order valence-corrected chi connectivity index (χ1v) is 6.91. The summed E-state index contributed by atoms with van der Waals surface area (Å²) >= 11 is 5.75. The van der Waals surface area contributed by atoms with Gasteiger partial charge in [0.05, 0.1) is 16.4 Å². The molecule has 1 aromatic heterocycles. The van der Waals surface area contributed by atoms with Crippen LogP contribution >= 0.6 is 38.5 Å². The molecular weight excluding hydrogens is 369 g/mol. The molecular formula is C10H13BrIN3. The Balaban J connectivity index is 2.16. The second-order valence-corrected chi connectivity index (χ2v) is 5.43. The molecule has 5 heteroatoms. The van der Waals surface area contributed by atoms with Crippen LogP contribution in [0, 0.1) is 3.70 Å². The second kappa shape index (κ2) is 5.45. The van der Waals surface area contributed by atoms with Gasteiger partial charge in [-0.1, -0.05) is 0 Å². The number of halogens is 2. The van der Waals surface area contributed by atoms with Gasteiger partial charge in [0.1, 0.15) is 3.70 Å². The molecule has 0 amide bonds. The minimum absolute atomic E-state index is 1.02. The van der Waals surface area contributed by atoms with E-state index in [0.29, 0.717) is 0 Å². The standard InChI is InChI=1S/C10H13BrIN3/c11-9-6-8(7-14-10(9)12)15-4-1-2-13-3-5-15/h6-7,13H,1-5H2. The monoisotopic (exact) mass is 381 g/mol. The van der Waals surface area contributed by atoms with Gasteiger partial charge in [0, 0.05) is 19.6 Å². The normalized spacial score (nSPS) is 17.6. The van der Waals surface area contributed by atoms with Crippen molar-refractivity contribution in [2.75, 3.05) is 31.1 Å². The summed E-state index contributed by atoms with van der Waals surface area (Å²) < 4.78 is 2.10. The van der Waals surface area contributed by atoms with Gasteiger partial charge in [-0.15, -0.1) is 0 Å². The predicted octanol–water partition coefficient (Wildman–Crippen LogP) is 2.25. The molecule has 0 spiro atoms. The van der Waals surface area contributed by atoms with E-state index in [1.165, 1.54) is 12.1 Å². The van der Waals surface area contributed by atoms with Crippen LogP contribution in [0.15, 0.2) is 16.7 Å². The van der Waals surface area contributed by atoms with E-state index in [4.69, 9.17) is 0 Å². The number of rotatable bonds is 1. The zero-order chi connectivity index (χ0) is 10.7. The third kappa shape index (κ3) is 3.04. The van der Waals surface area contributed by atoms with Crippen LogP contribution in [0.5, 0.6) is 0 Å². The number of nitrogens with one attached hydrogen (secondary N) is 1. The predicted molar refractivity (Wildman–Crippen MR) is 74.4 cm³/mol. The van der Waals surface area contributed by atoms with E-state index in [-0.39, 0.29) is 0 Å². The molecule has 0 atom stereocenters. The smallest absolute Gasteiger partial charge is 0.115 e. The van der Waals surface area contributed by atoms with Crippen LogP contribution in [-0.2, 0) is 0 Å². The lowest BCUT2D eigenvalue weighted by molar-refractivity contribution is 0.724. The van der Waals surface area contributed by atoms with E-state index in [2.05, 4.69) is 59.8 Å². The number of nitrogens with zero attached hydrogens (tertiary/aromatic N) is 2. The molecule has 1 aliphatic rings. The van der Waals surface area contributed by atoms with Gasteiger partial charge in [0.15, 0.2) is 0 Å². The highest BCUT2D eigenvalue weighted by Gasteiger charge is 2.10. The molecule has 15 heavy (non-hydrogen) atoms. The Morgan fingerprint density at radius 1 is 1.40 bits per heavy atom. The average molecular weight is 382 g/mol. The average Bonchev–Trinajstić information content (AvgIpc) is 2.50. The SMILES string of the molecule is Brc1cc(N2CCCNCC2)cnc1I. The summed E-state index contributed by atoms with van der Waals surface area (Å²) in [7, 11) is 0. The van der Waals surface area contributed by atoms with Crippen molar-refractivity contribution < 1.29 is 0 Å². The molecule has 0 aliphatic carbocycles. The molecule has 1 aliphatic heterocycles. The molecule has 1 saturated heterocycles. The van der Waals surface area contributed by atoms with Crippen LogP contribution in [0.4, 0.5) is 5.69 Å². The van der Waals surface area contributed by atoms with E-state index < -0.39 is 0 Å². The van der Waals surface area contributed by atoms with Gasteiger partial charge in [-0.2, -0.15) is 0 Å². The first-order chi connectivity index (χ1) is 7.27. The van der Waals surface area contributed by atoms with Gasteiger partial charge in [-0.05, 0) is 57.6 Å². The minimum atomic E-state index is 1.02. The van der Waals surface area contributed by atoms with E-state index in [9.17, 15) is 0 Å². The summed E-state index contributed by atoms with van der Waals surface area (Å²) in [5, 5.41) is 3.40. The molecule has 1 aromatic rings. The van der Waals surface area contributed by atoms with Crippen molar-refractivity contribution in [3.63, 3.8) is 0 Å². The molecule has 0 aromatic carbocycles. The topological polar surface area (TPSA) is 28.2 Å². The van der Waals surface area contributed by atoms with Crippen LogP contribution in [-0.4, -0.2) is 31.2 Å². The third-order valence-corrected chi connectivity index (χ3v) is 4.69. The highest BCUT2D eigenvalue weighted by Crippen LogP contribution is 2.23. The lowest BCUT2D eigenvalue weighted by atomic mass is 10.3. The lowest BCUT2D eigenvalue weighted by Gasteiger charge is -2.22. The summed E-state index contributed by atoms with van der Waals surface area (Å²) in [5.74, 6) is 0. The molecule has 0 bridgehead atoms. The van der Waals surface area contributed by atoms with Crippen molar-refractivity contribution in [3.05, 3.63) is 20.4 Å². The Bertz CT molecular complexity index is 337. The summed E-state index contributed by atoms with van der Waals surface area (Å²) in [5.41, 5.74) is 1.21. The van der Waals surface area contributed by atoms with Crippen LogP contribution in [0.25, 0.3) is 0 Å². The molecule has 2 rings (SSSR count). The minimum Gasteiger partial charge on any atom is -0.369 e. The number of hydrogen-bond acceptors (Lipinski definition) is 3. The fourth-order valence-corrected chi connectivity index (χ4v) is 2.32. The second-order valence-electron chi connectivity index (χ2n) is 3.56. The lowest BCUT2D eigenvalue weighted by Crippen LogP contribution is -2.27. The summed E-state index contributed by atoms with van der Waals surface area (Å²) in [6, 6.07) is 2.15. The van der Waals surface area contributed by atoms with Crippen LogP contribution in [0.3, 0.4) is 0 Å². The Kier molecular flexibility index (Phi) is 4.21. The summed E-state index contributed by atoms with van der Waals surface area (Å²) in [6.45, 7) is 4.36. The fourth-order valence-electron chi connectivity index (χ4n) is 1.69. The molecule has 0 radical (unpaired) electrons. The molecule has 1 N–H and O–H groups in total. The third-order valence-electron chi connectivity index (χ3n) is 2.49. The highest BCUT2D eigenvalue weighted by atomic mass is 127. The van der Waals surface area contributed by atoms with E-state index in [0.717, 1.165) is 34.4 Å². The van der Waals surface area contributed by atoms with Gasteiger partial charge < -0.3 is 10.2 Å². The van der Waals surface area contributed by atoms with Gasteiger partial charge in [-0.25, -0.2) is 4.98 Å². The Hall–Kier alpha value is 0.120. The van der Waals surface area contributed by atoms with Gasteiger partial charge in [0.25, 0.3) is 0 Å². The zero-order valence-corrected chi connectivity index (χ0v) is 12.1. The van der Waals surface area contributed by atoms with E-state index >= 15 is 0 Å². The first kappa shape index (κ1) is 11.6. The molecule has 0 saturated carbocycles. The van der Waals surface area contributed by atoms with Gasteiger partial charge in [0.2, 0.25) is 0 Å². The number of aromatic nitrogens is 1. The highest BCUT2D eigenvalue weighted by molar-refractivity contribution is 14.1. The van der Waals surface area contributed by atoms with Gasteiger partial charge in [-0.3, -0.25) is 0 Å². The van der Waals surface area contributed by atoms with Crippen molar-refractivity contribution in [2.24, 2.45) is 0 Å². The van der Waals surface area contributed by atoms with E-state index in [1.54, 1.807) is 0 Å². The maximum atomic E-state index is 4.36. The molecule has 82 valence electrons. The van der Waals surface area contributed by atoms with Crippen molar-refractivity contribution in [1.29, 1.82) is 0 Å². The maximum absolute atomic E-state index is 4.36. The molecule has 2 heterocycles. The Morgan fingerprint density at radius 2 is 2.27 bits per heavy atom. The Labute approximate surface area is 112 Å². The van der Waals surface area contributed by atoms with Crippen molar-refractivity contribution in [1.82, 2.24) is 10.3 Å². The molecule has 3 nitrogen and oxygen atoms in total. The van der Waals surface area contributed by atoms with Crippen molar-refractivity contribution in [2.45, 2.75) is 6.42 Å². The van der Waals surface area contributed by atoms with Gasteiger partial charge >= 0.3 is 0 Å². The molecule has 0 unspecified atom stereocenters. The summed E-state index contributed by atoms with van der Waals surface area (Å²) in [4.78, 5) is 6.74. The largest absolute Gasteiger partial charge is 0.369 e. The number of anilines is 1. The fraction of sp³-hybridized carbons (Fsp3) is 0.500. The summed E-state index contributed by atoms with van der Waals surface area (Å²) in [6.07, 6.45) is 3.15. The van der Waals surface area contributed by atoms with E-state index in [1.807, 2.05) is 6.20 Å². The Morgan fingerprint density at radius 3 is 3.07 bits per heavy atom. The maximum Gasteiger partial charge on any atom is 0.115 e. The quantitative estimate of drug-likeness (QED) is 0.597. The molecule has 1 fully saturated rings. The zero-order valence-electron chi connectivity index (χ0n) is 8.34. The van der Waals surface area contributed by atoms with Crippen LogP contribution in [0.2, 0.25) is 0 Å². The van der Waals surface area contributed by atoms with Crippen LogP contribution in [0.1, 0.15) is 6.42 Å². The first-order valence-electron chi connectivity index (χ1n) is 5.04. The van der Waals surface area contributed by atoms with Crippen molar-refractivity contribution in [3.8, 4) is 0 Å². The number of pyridine rings is 1.